The molecule has 23 heavy (non-hydrogen) atoms. The summed E-state index contributed by atoms with van der Waals surface area (Å²) in [6.45, 7) is 3.32. The smallest absolute Gasteiger partial charge is 0.399 e. The lowest BCUT2D eigenvalue weighted by molar-refractivity contribution is 0.0620. The van der Waals surface area contributed by atoms with Crippen molar-refractivity contribution < 1.29 is 13.9 Å². The summed E-state index contributed by atoms with van der Waals surface area (Å²) < 4.78 is 10.5. The van der Waals surface area contributed by atoms with Crippen LogP contribution >= 0.6 is 0 Å². The molecule has 1 aromatic heterocycles. The number of carbonyl (C=O) groups is 1. The highest BCUT2D eigenvalue weighted by atomic mass is 16.6. The standard InChI is InChI=1S/C17H19N3O3/c21-16(19-15-11-20-8-5-12(15)6-9-20)13-1-3-14(4-2-13)23-17-18-7-10-22-17/h1-4,7,10,12,15H,5-6,8-9,11H2,(H,19,21)/t15-/m0/s1. The number of hydrogen-bond donors (Lipinski definition) is 1. The van der Waals surface area contributed by atoms with Gasteiger partial charge in [-0.3, -0.25) is 4.79 Å². The Labute approximate surface area is 134 Å². The predicted octanol–water partition coefficient (Wildman–Crippen LogP) is 2.29. The molecular formula is C17H19N3O3. The van der Waals surface area contributed by atoms with Crippen LogP contribution < -0.4 is 10.1 Å². The third-order valence-corrected chi connectivity index (χ3v) is 4.70. The van der Waals surface area contributed by atoms with Crippen LogP contribution in [0.15, 0.2) is 41.1 Å². The average Bonchev–Trinajstić information content (AvgIpc) is 3.09. The van der Waals surface area contributed by atoms with E-state index in [1.807, 2.05) is 0 Å². The van der Waals surface area contributed by atoms with E-state index in [1.165, 1.54) is 38.4 Å². The van der Waals surface area contributed by atoms with Crippen molar-refractivity contribution in [3.63, 3.8) is 0 Å². The fourth-order valence-corrected chi connectivity index (χ4v) is 3.42. The Morgan fingerprint density at radius 1 is 1.26 bits per heavy atom. The van der Waals surface area contributed by atoms with Gasteiger partial charge in [0.15, 0.2) is 0 Å². The molecular weight excluding hydrogens is 294 g/mol. The van der Waals surface area contributed by atoms with Crippen LogP contribution in [0, 0.1) is 5.92 Å². The van der Waals surface area contributed by atoms with Crippen molar-refractivity contribution in [1.29, 1.82) is 0 Å². The van der Waals surface area contributed by atoms with Crippen molar-refractivity contribution in [3.8, 4) is 11.8 Å². The zero-order chi connectivity index (χ0) is 15.6. The van der Waals surface area contributed by atoms with E-state index in [4.69, 9.17) is 9.15 Å². The first-order chi connectivity index (χ1) is 11.3. The Bertz CT molecular complexity index is 661. The molecule has 1 amide bonds. The highest BCUT2D eigenvalue weighted by Gasteiger charge is 2.34. The first-order valence-corrected chi connectivity index (χ1v) is 7.98. The number of oxazole rings is 1. The van der Waals surface area contributed by atoms with Crippen LogP contribution in [0.5, 0.6) is 11.8 Å². The quantitative estimate of drug-likeness (QED) is 0.938. The monoisotopic (exact) mass is 313 g/mol. The van der Waals surface area contributed by atoms with Gasteiger partial charge in [0, 0.05) is 18.2 Å². The van der Waals surface area contributed by atoms with E-state index in [0.29, 0.717) is 17.2 Å². The number of hydrogen-bond acceptors (Lipinski definition) is 5. The van der Waals surface area contributed by atoms with E-state index in [-0.39, 0.29) is 18.0 Å². The second-order valence-electron chi connectivity index (χ2n) is 6.14. The minimum Gasteiger partial charge on any atom is -0.417 e. The van der Waals surface area contributed by atoms with Gasteiger partial charge >= 0.3 is 6.08 Å². The Kier molecular flexibility index (Phi) is 3.75. The van der Waals surface area contributed by atoms with Gasteiger partial charge in [0.1, 0.15) is 12.0 Å². The Hall–Kier alpha value is -2.34. The fourth-order valence-electron chi connectivity index (χ4n) is 3.42. The number of ether oxygens (including phenoxy) is 1. The largest absolute Gasteiger partial charge is 0.417 e. The van der Waals surface area contributed by atoms with E-state index in [9.17, 15) is 4.79 Å². The van der Waals surface area contributed by atoms with Crippen LogP contribution in [0.4, 0.5) is 0 Å². The van der Waals surface area contributed by atoms with Crippen molar-refractivity contribution in [2.75, 3.05) is 19.6 Å². The van der Waals surface area contributed by atoms with E-state index in [1.54, 1.807) is 24.3 Å². The normalized spacial score (nSPS) is 26.0. The van der Waals surface area contributed by atoms with Gasteiger partial charge in [0.25, 0.3) is 5.91 Å². The minimum absolute atomic E-state index is 0.0218. The van der Waals surface area contributed by atoms with E-state index < -0.39 is 0 Å². The molecule has 0 aliphatic carbocycles. The molecule has 0 unspecified atom stereocenters. The van der Waals surface area contributed by atoms with Gasteiger partial charge < -0.3 is 19.4 Å². The maximum absolute atomic E-state index is 12.4. The van der Waals surface area contributed by atoms with Crippen molar-refractivity contribution in [2.24, 2.45) is 5.92 Å². The molecule has 2 aromatic rings. The second kappa shape index (κ2) is 6.04. The van der Waals surface area contributed by atoms with Gasteiger partial charge in [-0.25, -0.2) is 0 Å². The maximum atomic E-state index is 12.4. The number of fused-ring (bicyclic) bond motifs is 3. The number of carbonyl (C=O) groups excluding carboxylic acids is 1. The Morgan fingerprint density at radius 3 is 2.65 bits per heavy atom. The number of nitrogens with zero attached hydrogens (tertiary/aromatic N) is 2. The number of amides is 1. The molecule has 3 aliphatic heterocycles. The van der Waals surface area contributed by atoms with Crippen molar-refractivity contribution in [3.05, 3.63) is 42.3 Å². The second-order valence-corrected chi connectivity index (χ2v) is 6.14. The topological polar surface area (TPSA) is 67.6 Å². The number of nitrogens with one attached hydrogen (secondary N) is 1. The van der Waals surface area contributed by atoms with E-state index in [2.05, 4.69) is 15.2 Å². The predicted molar refractivity (Wildman–Crippen MR) is 83.4 cm³/mol. The summed E-state index contributed by atoms with van der Waals surface area (Å²) in [7, 11) is 0. The van der Waals surface area contributed by atoms with Gasteiger partial charge in [-0.1, -0.05) is 0 Å². The first-order valence-electron chi connectivity index (χ1n) is 7.98. The van der Waals surface area contributed by atoms with Gasteiger partial charge in [-0.15, -0.1) is 0 Å². The molecule has 6 nitrogen and oxygen atoms in total. The summed E-state index contributed by atoms with van der Waals surface area (Å²) in [6, 6.07) is 7.28. The summed E-state index contributed by atoms with van der Waals surface area (Å²) in [4.78, 5) is 18.7. The molecule has 0 radical (unpaired) electrons. The molecule has 1 N–H and O–H groups in total. The van der Waals surface area contributed by atoms with Crippen LogP contribution in [-0.4, -0.2) is 41.5 Å². The molecule has 0 spiro atoms. The van der Waals surface area contributed by atoms with E-state index in [0.717, 1.165) is 6.54 Å². The molecule has 3 aliphatic rings. The molecule has 6 heteroatoms. The van der Waals surface area contributed by atoms with Gasteiger partial charge in [-0.2, -0.15) is 4.98 Å². The maximum Gasteiger partial charge on any atom is 0.399 e. The molecule has 4 heterocycles. The lowest BCUT2D eigenvalue weighted by atomic mass is 9.84. The highest BCUT2D eigenvalue weighted by Crippen LogP contribution is 2.27. The van der Waals surface area contributed by atoms with Crippen LogP contribution in [0.25, 0.3) is 0 Å². The number of aromatic nitrogens is 1. The summed E-state index contributed by atoms with van der Waals surface area (Å²) >= 11 is 0. The van der Waals surface area contributed by atoms with Crippen molar-refractivity contribution >= 4 is 5.91 Å². The average molecular weight is 313 g/mol. The van der Waals surface area contributed by atoms with Crippen molar-refractivity contribution in [1.82, 2.24) is 15.2 Å². The van der Waals surface area contributed by atoms with Crippen LogP contribution in [0.3, 0.4) is 0 Å². The van der Waals surface area contributed by atoms with Gasteiger partial charge in [0.2, 0.25) is 0 Å². The third-order valence-electron chi connectivity index (χ3n) is 4.70. The zero-order valence-corrected chi connectivity index (χ0v) is 12.8. The number of piperidine rings is 3. The van der Waals surface area contributed by atoms with E-state index >= 15 is 0 Å². The first kappa shape index (κ1) is 14.3. The van der Waals surface area contributed by atoms with Crippen LogP contribution in [0.2, 0.25) is 0 Å². The molecule has 1 atom stereocenters. The Morgan fingerprint density at radius 2 is 2.04 bits per heavy atom. The van der Waals surface area contributed by atoms with Crippen LogP contribution in [0.1, 0.15) is 23.2 Å². The molecule has 3 fully saturated rings. The molecule has 2 bridgehead atoms. The highest BCUT2D eigenvalue weighted by molar-refractivity contribution is 5.94. The summed E-state index contributed by atoms with van der Waals surface area (Å²) in [5, 5.41) is 3.18. The SMILES string of the molecule is O=C(N[C@H]1CN2CCC1CC2)c1ccc(Oc2ncco2)cc1. The molecule has 0 saturated carbocycles. The third kappa shape index (κ3) is 3.07. The van der Waals surface area contributed by atoms with Gasteiger partial charge in [-0.05, 0) is 56.1 Å². The molecule has 1 aromatic carbocycles. The number of rotatable bonds is 4. The zero-order valence-electron chi connectivity index (χ0n) is 12.8. The van der Waals surface area contributed by atoms with Gasteiger partial charge in [0.05, 0.1) is 6.20 Å². The summed E-state index contributed by atoms with van der Waals surface area (Å²) in [5.74, 6) is 1.19. The Balaban J connectivity index is 1.38. The lowest BCUT2D eigenvalue weighted by Gasteiger charge is -2.44. The molecule has 3 saturated heterocycles. The summed E-state index contributed by atoms with van der Waals surface area (Å²) in [6.07, 6.45) is 5.53. The lowest BCUT2D eigenvalue weighted by Crippen LogP contribution is -2.57. The molecule has 5 rings (SSSR count). The van der Waals surface area contributed by atoms with Crippen LogP contribution in [-0.2, 0) is 0 Å². The molecule has 120 valence electrons. The minimum atomic E-state index is -0.0218. The van der Waals surface area contributed by atoms with Crippen molar-refractivity contribution in [2.45, 2.75) is 18.9 Å². The summed E-state index contributed by atoms with van der Waals surface area (Å²) in [5.41, 5.74) is 0.640. The number of benzene rings is 1. The fraction of sp³-hybridized carbons (Fsp3) is 0.412.